The predicted octanol–water partition coefficient (Wildman–Crippen LogP) is 2.47. The molecule has 2 nitrogen and oxygen atoms in total. The van der Waals surface area contributed by atoms with Gasteiger partial charge in [0.25, 0.3) is 0 Å². The fraction of sp³-hybridized carbons (Fsp3) is 0.333. The van der Waals surface area contributed by atoms with Gasteiger partial charge in [-0.25, -0.2) is 10.3 Å². The molecule has 0 saturated carbocycles. The normalized spacial score (nSPS) is 12.9. The summed E-state index contributed by atoms with van der Waals surface area (Å²) < 4.78 is 12.8. The van der Waals surface area contributed by atoms with Crippen molar-refractivity contribution < 1.29 is 9.23 Å². The van der Waals surface area contributed by atoms with Gasteiger partial charge in [-0.05, 0) is 17.7 Å². The van der Waals surface area contributed by atoms with E-state index in [1.165, 1.54) is 6.07 Å². The monoisotopic (exact) mass is 203 g/mol. The molecule has 1 aromatic carbocycles. The van der Waals surface area contributed by atoms with Gasteiger partial charge in [-0.2, -0.15) is 0 Å². The maximum absolute atomic E-state index is 12.8. The van der Waals surface area contributed by atoms with Crippen molar-refractivity contribution >= 4 is 11.6 Å². The van der Waals surface area contributed by atoms with Gasteiger partial charge >= 0.3 is 0 Å². The van der Waals surface area contributed by atoms with Crippen molar-refractivity contribution in [3.63, 3.8) is 0 Å². The van der Waals surface area contributed by atoms with Crippen molar-refractivity contribution in [2.24, 2.45) is 5.90 Å². The molecular weight excluding hydrogens is 193 g/mol. The fourth-order valence-electron chi connectivity index (χ4n) is 1.06. The summed E-state index contributed by atoms with van der Waals surface area (Å²) in [5.74, 6) is 4.63. The minimum absolute atomic E-state index is 0.114. The maximum atomic E-state index is 12.8. The molecule has 0 radical (unpaired) electrons. The molecule has 13 heavy (non-hydrogen) atoms. The molecule has 1 rings (SSSR count). The molecule has 0 bridgehead atoms. The highest BCUT2D eigenvalue weighted by atomic mass is 35.5. The minimum atomic E-state index is -0.411. The van der Waals surface area contributed by atoms with E-state index in [1.807, 2.05) is 6.92 Å². The molecular formula is C9H11ClFNO. The molecule has 4 heteroatoms. The summed E-state index contributed by atoms with van der Waals surface area (Å²) in [7, 11) is 0. The quantitative estimate of drug-likeness (QED) is 0.766. The molecule has 0 saturated heterocycles. The third kappa shape index (κ3) is 2.66. The third-order valence-corrected chi connectivity index (χ3v) is 2.15. The Morgan fingerprint density at radius 2 is 2.31 bits per heavy atom. The van der Waals surface area contributed by atoms with E-state index in [9.17, 15) is 4.39 Å². The molecule has 2 N–H and O–H groups in total. The average molecular weight is 204 g/mol. The van der Waals surface area contributed by atoms with Crippen molar-refractivity contribution in [3.05, 3.63) is 34.6 Å². The first kappa shape index (κ1) is 10.4. The average Bonchev–Trinajstić information content (AvgIpc) is 2.10. The van der Waals surface area contributed by atoms with Crippen LogP contribution in [0.5, 0.6) is 0 Å². The van der Waals surface area contributed by atoms with Crippen molar-refractivity contribution in [1.82, 2.24) is 0 Å². The highest BCUT2D eigenvalue weighted by molar-refractivity contribution is 6.30. The summed E-state index contributed by atoms with van der Waals surface area (Å²) in [6.07, 6.45) is 0. The molecule has 0 aromatic heterocycles. The molecule has 0 amide bonds. The van der Waals surface area contributed by atoms with E-state index in [0.29, 0.717) is 6.61 Å². The Morgan fingerprint density at radius 1 is 1.62 bits per heavy atom. The van der Waals surface area contributed by atoms with E-state index in [4.69, 9.17) is 17.5 Å². The Kier molecular flexibility index (Phi) is 3.66. The third-order valence-electron chi connectivity index (χ3n) is 1.86. The van der Waals surface area contributed by atoms with Gasteiger partial charge in [0.15, 0.2) is 0 Å². The van der Waals surface area contributed by atoms with Gasteiger partial charge in [-0.15, -0.1) is 0 Å². The zero-order chi connectivity index (χ0) is 9.84. The van der Waals surface area contributed by atoms with Gasteiger partial charge in [-0.1, -0.05) is 24.6 Å². The lowest BCUT2D eigenvalue weighted by Crippen LogP contribution is -2.08. The van der Waals surface area contributed by atoms with Crippen molar-refractivity contribution in [1.29, 1.82) is 0 Å². The number of hydrogen-bond acceptors (Lipinski definition) is 2. The van der Waals surface area contributed by atoms with Gasteiger partial charge in [-0.3, -0.25) is 0 Å². The molecule has 0 aliphatic heterocycles. The first-order chi connectivity index (χ1) is 6.15. The number of hydrogen-bond donors (Lipinski definition) is 1. The largest absolute Gasteiger partial charge is 0.304 e. The van der Waals surface area contributed by atoms with Crippen molar-refractivity contribution in [2.45, 2.75) is 12.8 Å². The molecule has 1 aromatic rings. The standard InChI is InChI=1S/C9H11ClFNO/c1-6(5-13-12)7-2-3-9(11)8(10)4-7/h2-4,6H,5,12H2,1H3. The molecule has 0 aliphatic carbocycles. The van der Waals surface area contributed by atoms with E-state index in [1.54, 1.807) is 12.1 Å². The smallest absolute Gasteiger partial charge is 0.141 e. The van der Waals surface area contributed by atoms with Gasteiger partial charge in [0.05, 0.1) is 11.6 Å². The van der Waals surface area contributed by atoms with Crippen LogP contribution in [-0.4, -0.2) is 6.61 Å². The van der Waals surface area contributed by atoms with E-state index in [0.717, 1.165) is 5.56 Å². The number of halogens is 2. The highest BCUT2D eigenvalue weighted by Crippen LogP contribution is 2.21. The summed E-state index contributed by atoms with van der Waals surface area (Å²) >= 11 is 5.61. The van der Waals surface area contributed by atoms with Crippen LogP contribution in [0.1, 0.15) is 18.4 Å². The summed E-state index contributed by atoms with van der Waals surface area (Å²) in [4.78, 5) is 4.49. The van der Waals surface area contributed by atoms with Gasteiger partial charge < -0.3 is 4.84 Å². The van der Waals surface area contributed by atoms with Crippen LogP contribution in [0.3, 0.4) is 0 Å². The Morgan fingerprint density at radius 3 is 2.85 bits per heavy atom. The summed E-state index contributed by atoms with van der Waals surface area (Å²) in [6.45, 7) is 2.32. The fourth-order valence-corrected chi connectivity index (χ4v) is 1.25. The van der Waals surface area contributed by atoms with Crippen LogP contribution in [0.2, 0.25) is 5.02 Å². The van der Waals surface area contributed by atoms with Gasteiger partial charge in [0, 0.05) is 5.92 Å². The second-order valence-corrected chi connectivity index (χ2v) is 3.32. The second kappa shape index (κ2) is 4.56. The van der Waals surface area contributed by atoms with E-state index in [2.05, 4.69) is 4.84 Å². The summed E-state index contributed by atoms with van der Waals surface area (Å²) in [5.41, 5.74) is 0.914. The topological polar surface area (TPSA) is 35.2 Å². The number of benzene rings is 1. The van der Waals surface area contributed by atoms with Crippen LogP contribution in [0.15, 0.2) is 18.2 Å². The maximum Gasteiger partial charge on any atom is 0.141 e. The Labute approximate surface area is 81.4 Å². The van der Waals surface area contributed by atoms with Crippen LogP contribution < -0.4 is 5.90 Å². The molecule has 0 aliphatic rings. The molecule has 1 atom stereocenters. The molecule has 72 valence electrons. The van der Waals surface area contributed by atoms with Crippen LogP contribution in [-0.2, 0) is 4.84 Å². The van der Waals surface area contributed by atoms with Crippen molar-refractivity contribution in [2.75, 3.05) is 6.61 Å². The first-order valence-corrected chi connectivity index (χ1v) is 4.29. The lowest BCUT2D eigenvalue weighted by atomic mass is 10.0. The van der Waals surface area contributed by atoms with E-state index >= 15 is 0 Å². The Balaban J connectivity index is 2.84. The number of rotatable bonds is 3. The minimum Gasteiger partial charge on any atom is -0.304 e. The van der Waals surface area contributed by atoms with E-state index < -0.39 is 5.82 Å². The lowest BCUT2D eigenvalue weighted by molar-refractivity contribution is 0.126. The van der Waals surface area contributed by atoms with Gasteiger partial charge in [0.2, 0.25) is 0 Å². The van der Waals surface area contributed by atoms with Crippen LogP contribution in [0.4, 0.5) is 4.39 Å². The Hall–Kier alpha value is -0.640. The first-order valence-electron chi connectivity index (χ1n) is 3.91. The SMILES string of the molecule is CC(CON)c1ccc(F)c(Cl)c1. The summed E-state index contributed by atoms with van der Waals surface area (Å²) in [5, 5.41) is 0.126. The molecule has 1 unspecified atom stereocenters. The van der Waals surface area contributed by atoms with Crippen LogP contribution in [0, 0.1) is 5.82 Å². The highest BCUT2D eigenvalue weighted by Gasteiger charge is 2.07. The lowest BCUT2D eigenvalue weighted by Gasteiger charge is -2.10. The van der Waals surface area contributed by atoms with Crippen molar-refractivity contribution in [3.8, 4) is 0 Å². The molecule has 0 fully saturated rings. The zero-order valence-corrected chi connectivity index (χ0v) is 8.01. The van der Waals surface area contributed by atoms with Crippen LogP contribution in [0.25, 0.3) is 0 Å². The second-order valence-electron chi connectivity index (χ2n) is 2.91. The van der Waals surface area contributed by atoms with E-state index in [-0.39, 0.29) is 10.9 Å². The molecule has 0 spiro atoms. The Bertz CT molecular complexity index is 293. The predicted molar refractivity (Wildman–Crippen MR) is 50.0 cm³/mol. The van der Waals surface area contributed by atoms with Gasteiger partial charge in [0.1, 0.15) is 5.82 Å². The summed E-state index contributed by atoms with van der Waals surface area (Å²) in [6, 6.07) is 4.59. The zero-order valence-electron chi connectivity index (χ0n) is 7.26. The number of nitrogens with two attached hydrogens (primary N) is 1. The molecule has 0 heterocycles. The van der Waals surface area contributed by atoms with Crippen LogP contribution >= 0.6 is 11.6 Å².